The van der Waals surface area contributed by atoms with Gasteiger partial charge in [0.1, 0.15) is 11.2 Å². The number of pyridine rings is 2. The van der Waals surface area contributed by atoms with E-state index >= 15 is 0 Å². The van der Waals surface area contributed by atoms with Crippen molar-refractivity contribution in [1.29, 1.82) is 0 Å². The van der Waals surface area contributed by atoms with Crippen LogP contribution in [0.25, 0.3) is 27.6 Å². The van der Waals surface area contributed by atoms with E-state index in [9.17, 15) is 0 Å². The molecule has 4 aromatic rings. The highest BCUT2D eigenvalue weighted by Crippen LogP contribution is 2.27. The third kappa shape index (κ3) is 1.38. The van der Waals surface area contributed by atoms with Crippen LogP contribution in [-0.2, 0) is 6.42 Å². The molecule has 0 saturated carbocycles. The second-order valence-electron chi connectivity index (χ2n) is 4.67. The Balaban J connectivity index is 2.34. The summed E-state index contributed by atoms with van der Waals surface area (Å²) in [7, 11) is 0. The van der Waals surface area contributed by atoms with Gasteiger partial charge in [-0.05, 0) is 24.6 Å². The number of benzene rings is 1. The number of rotatable bonds is 1. The van der Waals surface area contributed by atoms with Gasteiger partial charge in [-0.2, -0.15) is 0 Å². The molecule has 0 saturated heterocycles. The summed E-state index contributed by atoms with van der Waals surface area (Å²) in [5.74, 6) is 0. The average molecular weight is 247 g/mol. The Labute approximate surface area is 110 Å². The van der Waals surface area contributed by atoms with E-state index in [0.717, 1.165) is 39.7 Å². The molecular formula is C16H13N3. The van der Waals surface area contributed by atoms with Gasteiger partial charge in [0.15, 0.2) is 0 Å². The second kappa shape index (κ2) is 3.79. The summed E-state index contributed by atoms with van der Waals surface area (Å²) >= 11 is 0. The van der Waals surface area contributed by atoms with Crippen molar-refractivity contribution in [2.24, 2.45) is 0 Å². The summed E-state index contributed by atoms with van der Waals surface area (Å²) in [6.45, 7) is 2.14. The number of hydrogen-bond acceptors (Lipinski definition) is 2. The lowest BCUT2D eigenvalue weighted by atomic mass is 10.1. The molecule has 0 aliphatic rings. The fourth-order valence-electron chi connectivity index (χ4n) is 2.68. The first kappa shape index (κ1) is 10.5. The molecule has 0 aliphatic carbocycles. The Hall–Kier alpha value is -2.42. The van der Waals surface area contributed by atoms with Crippen LogP contribution in [0, 0.1) is 0 Å². The molecule has 3 heteroatoms. The third-order valence-electron chi connectivity index (χ3n) is 3.55. The minimum Gasteiger partial charge on any atom is -0.298 e. The van der Waals surface area contributed by atoms with E-state index in [1.165, 1.54) is 0 Å². The summed E-state index contributed by atoms with van der Waals surface area (Å²) < 4.78 is 2.13. The second-order valence-corrected chi connectivity index (χ2v) is 4.67. The number of fused-ring (bicyclic) bond motifs is 5. The lowest BCUT2D eigenvalue weighted by Gasteiger charge is -2.04. The molecule has 0 spiro atoms. The van der Waals surface area contributed by atoms with Crippen LogP contribution in [0.3, 0.4) is 0 Å². The van der Waals surface area contributed by atoms with E-state index in [1.807, 2.05) is 30.3 Å². The molecule has 0 radical (unpaired) electrons. The van der Waals surface area contributed by atoms with Crippen LogP contribution < -0.4 is 0 Å². The number of nitrogens with zero attached hydrogens (tertiary/aromatic N) is 3. The molecule has 1 aromatic carbocycles. The van der Waals surface area contributed by atoms with Crippen LogP contribution >= 0.6 is 0 Å². The Kier molecular flexibility index (Phi) is 2.09. The standard InChI is InChI=1S/C16H13N3/c1-2-12-16-15(11-7-3-4-8-13(11)17-12)18-14-9-5-6-10-19(14)16/h3-10H,2H2,1H3. The molecule has 0 N–H and O–H groups in total. The van der Waals surface area contributed by atoms with Crippen LogP contribution in [-0.4, -0.2) is 14.4 Å². The summed E-state index contributed by atoms with van der Waals surface area (Å²) in [5.41, 5.74) is 5.29. The molecule has 0 unspecified atom stereocenters. The Morgan fingerprint density at radius 3 is 2.74 bits per heavy atom. The molecule has 0 amide bonds. The number of aryl methyl sites for hydroxylation is 1. The molecular weight excluding hydrogens is 234 g/mol. The van der Waals surface area contributed by atoms with Crippen molar-refractivity contribution in [3.05, 3.63) is 54.4 Å². The minimum atomic E-state index is 0.907. The first-order valence-electron chi connectivity index (χ1n) is 6.53. The van der Waals surface area contributed by atoms with E-state index in [-0.39, 0.29) is 0 Å². The van der Waals surface area contributed by atoms with E-state index in [4.69, 9.17) is 9.97 Å². The van der Waals surface area contributed by atoms with Crippen molar-refractivity contribution < 1.29 is 0 Å². The molecule has 92 valence electrons. The maximum atomic E-state index is 4.78. The SMILES string of the molecule is CCc1nc2ccccc2c2nc3ccccn3c12. The predicted molar refractivity (Wildman–Crippen MR) is 77.4 cm³/mol. The molecule has 0 aliphatic heterocycles. The van der Waals surface area contributed by atoms with E-state index in [2.05, 4.69) is 29.7 Å². The number of hydrogen-bond donors (Lipinski definition) is 0. The van der Waals surface area contributed by atoms with Gasteiger partial charge in [0.25, 0.3) is 0 Å². The molecule has 0 bridgehead atoms. The lowest BCUT2D eigenvalue weighted by Crippen LogP contribution is -1.93. The monoisotopic (exact) mass is 247 g/mol. The Morgan fingerprint density at radius 2 is 1.84 bits per heavy atom. The highest BCUT2D eigenvalue weighted by Gasteiger charge is 2.12. The quantitative estimate of drug-likeness (QED) is 0.514. The first-order valence-corrected chi connectivity index (χ1v) is 6.53. The van der Waals surface area contributed by atoms with E-state index < -0.39 is 0 Å². The summed E-state index contributed by atoms with van der Waals surface area (Å²) in [4.78, 5) is 9.56. The van der Waals surface area contributed by atoms with Gasteiger partial charge < -0.3 is 0 Å². The van der Waals surface area contributed by atoms with Crippen molar-refractivity contribution >= 4 is 27.6 Å². The smallest absolute Gasteiger partial charge is 0.137 e. The molecule has 3 nitrogen and oxygen atoms in total. The molecule has 3 aromatic heterocycles. The lowest BCUT2D eigenvalue weighted by molar-refractivity contribution is 1.06. The molecule has 3 heterocycles. The number of para-hydroxylation sites is 1. The van der Waals surface area contributed by atoms with Crippen LogP contribution in [0.4, 0.5) is 0 Å². The molecule has 19 heavy (non-hydrogen) atoms. The van der Waals surface area contributed by atoms with Crippen molar-refractivity contribution in [2.45, 2.75) is 13.3 Å². The summed E-state index contributed by atoms with van der Waals surface area (Å²) in [6, 6.07) is 14.3. The average Bonchev–Trinajstić information content (AvgIpc) is 2.86. The zero-order valence-electron chi connectivity index (χ0n) is 10.7. The van der Waals surface area contributed by atoms with Crippen LogP contribution in [0.5, 0.6) is 0 Å². The van der Waals surface area contributed by atoms with Crippen molar-refractivity contribution in [2.75, 3.05) is 0 Å². The maximum absolute atomic E-state index is 4.78. The topological polar surface area (TPSA) is 30.2 Å². The van der Waals surface area contributed by atoms with Crippen molar-refractivity contribution in [3.8, 4) is 0 Å². The minimum absolute atomic E-state index is 0.907. The fraction of sp³-hybridized carbons (Fsp3) is 0.125. The van der Waals surface area contributed by atoms with Crippen LogP contribution in [0.1, 0.15) is 12.6 Å². The van der Waals surface area contributed by atoms with Gasteiger partial charge in [-0.25, -0.2) is 4.98 Å². The van der Waals surface area contributed by atoms with Crippen molar-refractivity contribution in [3.63, 3.8) is 0 Å². The Bertz CT molecular complexity index is 906. The van der Waals surface area contributed by atoms with Gasteiger partial charge in [0.05, 0.1) is 16.7 Å². The number of aromatic nitrogens is 3. The van der Waals surface area contributed by atoms with E-state index in [1.54, 1.807) is 0 Å². The van der Waals surface area contributed by atoms with Gasteiger partial charge in [-0.3, -0.25) is 9.38 Å². The highest BCUT2D eigenvalue weighted by molar-refractivity contribution is 6.04. The van der Waals surface area contributed by atoms with Gasteiger partial charge in [-0.15, -0.1) is 0 Å². The highest BCUT2D eigenvalue weighted by atomic mass is 15.0. The fourth-order valence-corrected chi connectivity index (χ4v) is 2.68. The molecule has 0 fully saturated rings. The number of imidazole rings is 1. The zero-order valence-corrected chi connectivity index (χ0v) is 10.7. The van der Waals surface area contributed by atoms with E-state index in [0.29, 0.717) is 0 Å². The van der Waals surface area contributed by atoms with Crippen LogP contribution in [0.2, 0.25) is 0 Å². The summed E-state index contributed by atoms with van der Waals surface area (Å²) in [6.07, 6.45) is 2.96. The molecule has 4 rings (SSSR count). The van der Waals surface area contributed by atoms with Crippen molar-refractivity contribution in [1.82, 2.24) is 14.4 Å². The maximum Gasteiger partial charge on any atom is 0.137 e. The third-order valence-corrected chi connectivity index (χ3v) is 3.55. The van der Waals surface area contributed by atoms with Gasteiger partial charge in [0, 0.05) is 11.6 Å². The van der Waals surface area contributed by atoms with Crippen LogP contribution in [0.15, 0.2) is 48.7 Å². The molecule has 0 atom stereocenters. The van der Waals surface area contributed by atoms with Gasteiger partial charge in [0.2, 0.25) is 0 Å². The zero-order chi connectivity index (χ0) is 12.8. The predicted octanol–water partition coefficient (Wildman–Crippen LogP) is 3.60. The van der Waals surface area contributed by atoms with Gasteiger partial charge >= 0.3 is 0 Å². The largest absolute Gasteiger partial charge is 0.298 e. The normalized spacial score (nSPS) is 11.6. The first-order chi connectivity index (χ1) is 9.38. The Morgan fingerprint density at radius 1 is 1.00 bits per heavy atom. The summed E-state index contributed by atoms with van der Waals surface area (Å²) in [5, 5.41) is 1.12. The van der Waals surface area contributed by atoms with Gasteiger partial charge in [-0.1, -0.05) is 31.2 Å².